The lowest BCUT2D eigenvalue weighted by Gasteiger charge is -2.44. The lowest BCUT2D eigenvalue weighted by atomic mass is 9.60. The van der Waals surface area contributed by atoms with Gasteiger partial charge in [-0.1, -0.05) is 43.7 Å². The van der Waals surface area contributed by atoms with Crippen molar-refractivity contribution in [2.24, 2.45) is 23.2 Å². The monoisotopic (exact) mass is 416 g/mol. The van der Waals surface area contributed by atoms with Gasteiger partial charge in [0, 0.05) is 0 Å². The van der Waals surface area contributed by atoms with Crippen LogP contribution >= 0.6 is 0 Å². The molecule has 3 N–H and O–H groups in total. The molecule has 0 saturated heterocycles. The normalized spacial score (nSPS) is 37.4. The van der Waals surface area contributed by atoms with Crippen LogP contribution in [0.15, 0.2) is 35.5 Å². The van der Waals surface area contributed by atoms with Crippen molar-refractivity contribution < 1.29 is 15.3 Å². The molecule has 0 aromatic heterocycles. The van der Waals surface area contributed by atoms with Crippen molar-refractivity contribution >= 4 is 0 Å². The van der Waals surface area contributed by atoms with Gasteiger partial charge in [-0.3, -0.25) is 0 Å². The molecule has 0 aromatic carbocycles. The minimum atomic E-state index is -1.02. The van der Waals surface area contributed by atoms with Crippen molar-refractivity contribution in [1.82, 2.24) is 0 Å². The van der Waals surface area contributed by atoms with E-state index in [1.807, 2.05) is 0 Å². The highest BCUT2D eigenvalue weighted by Gasteiger charge is 2.50. The first kappa shape index (κ1) is 23.8. The zero-order chi connectivity index (χ0) is 22.1. The third-order valence-electron chi connectivity index (χ3n) is 8.62. The Morgan fingerprint density at radius 2 is 1.90 bits per heavy atom. The summed E-state index contributed by atoms with van der Waals surface area (Å²) in [5.41, 5.74) is 3.34. The highest BCUT2D eigenvalue weighted by molar-refractivity contribution is 5.36. The number of aliphatic hydroxyl groups excluding tert-OH is 2. The van der Waals surface area contributed by atoms with Crippen LogP contribution in [0.25, 0.3) is 0 Å². The number of fused-ring (bicyclic) bond motifs is 1. The Labute approximate surface area is 184 Å². The molecule has 0 aliphatic heterocycles. The van der Waals surface area contributed by atoms with Gasteiger partial charge in [-0.15, -0.1) is 0 Å². The molecule has 3 saturated carbocycles. The van der Waals surface area contributed by atoms with E-state index in [4.69, 9.17) is 0 Å². The van der Waals surface area contributed by atoms with E-state index < -0.39 is 11.7 Å². The molecule has 0 heterocycles. The van der Waals surface area contributed by atoms with Crippen LogP contribution in [-0.4, -0.2) is 33.1 Å². The number of rotatable bonds is 6. The topological polar surface area (TPSA) is 60.7 Å². The average Bonchev–Trinajstić information content (AvgIpc) is 3.03. The summed E-state index contributed by atoms with van der Waals surface area (Å²) in [7, 11) is 0. The predicted molar refractivity (Wildman–Crippen MR) is 124 cm³/mol. The first-order chi connectivity index (χ1) is 14.0. The van der Waals surface area contributed by atoms with Gasteiger partial charge in [-0.25, -0.2) is 0 Å². The van der Waals surface area contributed by atoms with E-state index in [0.717, 1.165) is 25.7 Å². The molecule has 3 heteroatoms. The van der Waals surface area contributed by atoms with Crippen LogP contribution in [0.4, 0.5) is 0 Å². The minimum Gasteiger partial charge on any atom is -0.393 e. The van der Waals surface area contributed by atoms with Gasteiger partial charge in [0.15, 0.2) is 0 Å². The molecule has 3 aliphatic rings. The van der Waals surface area contributed by atoms with Crippen LogP contribution in [0, 0.1) is 23.2 Å². The van der Waals surface area contributed by atoms with E-state index in [1.165, 1.54) is 43.3 Å². The smallest absolute Gasteiger partial charge is 0.0849 e. The molecule has 3 fully saturated rings. The van der Waals surface area contributed by atoms with E-state index in [-0.39, 0.29) is 6.10 Å². The predicted octanol–water partition coefficient (Wildman–Crippen LogP) is 5.70. The van der Waals surface area contributed by atoms with Crippen molar-refractivity contribution in [3.63, 3.8) is 0 Å². The SMILES string of the molecule is C=C1CC[C@H](O)CC1=CC=C1CCC[C@]2(C)[C@@H]([C@H](C)CC[C@H](O)C(C)(C)O)CC[C@@H]12. The van der Waals surface area contributed by atoms with Gasteiger partial charge >= 0.3 is 0 Å². The maximum Gasteiger partial charge on any atom is 0.0849 e. The lowest BCUT2D eigenvalue weighted by Crippen LogP contribution is -2.38. The molecule has 170 valence electrons. The molecule has 30 heavy (non-hydrogen) atoms. The first-order valence-electron chi connectivity index (χ1n) is 12.2. The Morgan fingerprint density at radius 3 is 2.60 bits per heavy atom. The van der Waals surface area contributed by atoms with Gasteiger partial charge in [0.25, 0.3) is 0 Å². The van der Waals surface area contributed by atoms with Crippen LogP contribution in [0.1, 0.15) is 91.9 Å². The standard InChI is InChI=1S/C27H44O3/c1-18-8-12-22(28)17-21(18)11-10-20-7-6-16-27(5)23(13-14-24(20)27)19(2)9-15-25(29)26(3,4)30/h10-11,19,22-25,28-30H,1,6-9,12-17H2,2-5H3/t19-,22+,23-,24+,25+,27-/m1/s1. The second-order valence-corrected chi connectivity index (χ2v) is 11.3. The van der Waals surface area contributed by atoms with E-state index in [9.17, 15) is 15.3 Å². The summed E-state index contributed by atoms with van der Waals surface area (Å²) in [4.78, 5) is 0. The van der Waals surface area contributed by atoms with Crippen molar-refractivity contribution in [3.8, 4) is 0 Å². The second kappa shape index (κ2) is 9.30. The van der Waals surface area contributed by atoms with Crippen molar-refractivity contribution in [2.75, 3.05) is 0 Å². The van der Waals surface area contributed by atoms with Crippen LogP contribution in [0.2, 0.25) is 0 Å². The number of hydrogen-bond donors (Lipinski definition) is 3. The first-order valence-corrected chi connectivity index (χ1v) is 12.2. The molecule has 3 rings (SSSR count). The molecule has 3 nitrogen and oxygen atoms in total. The molecule has 0 bridgehead atoms. The largest absolute Gasteiger partial charge is 0.393 e. The summed E-state index contributed by atoms with van der Waals surface area (Å²) >= 11 is 0. The van der Waals surface area contributed by atoms with E-state index >= 15 is 0 Å². The third-order valence-corrected chi connectivity index (χ3v) is 8.62. The Morgan fingerprint density at radius 1 is 1.17 bits per heavy atom. The third kappa shape index (κ3) is 5.11. The van der Waals surface area contributed by atoms with Crippen LogP contribution < -0.4 is 0 Å². The summed E-state index contributed by atoms with van der Waals surface area (Å²) in [5.74, 6) is 1.89. The van der Waals surface area contributed by atoms with Gasteiger partial charge in [0.05, 0.1) is 17.8 Å². The highest BCUT2D eigenvalue weighted by Crippen LogP contribution is 2.60. The van der Waals surface area contributed by atoms with E-state index in [2.05, 4.69) is 32.6 Å². The molecule has 0 radical (unpaired) electrons. The highest BCUT2D eigenvalue weighted by atomic mass is 16.3. The fourth-order valence-corrected chi connectivity index (χ4v) is 6.58. The number of allylic oxidation sites excluding steroid dienone is 4. The zero-order valence-electron chi connectivity index (χ0n) is 19.7. The van der Waals surface area contributed by atoms with Crippen LogP contribution in [0.3, 0.4) is 0 Å². The number of aliphatic hydroxyl groups is 3. The summed E-state index contributed by atoms with van der Waals surface area (Å²) in [6.45, 7) is 12.5. The Hall–Kier alpha value is -0.900. The zero-order valence-corrected chi connectivity index (χ0v) is 19.7. The lowest BCUT2D eigenvalue weighted by molar-refractivity contribution is -0.0554. The van der Waals surface area contributed by atoms with E-state index in [1.54, 1.807) is 19.4 Å². The summed E-state index contributed by atoms with van der Waals surface area (Å²) in [6, 6.07) is 0. The molecule has 3 aliphatic carbocycles. The quantitative estimate of drug-likeness (QED) is 0.520. The van der Waals surface area contributed by atoms with Gasteiger partial charge in [-0.2, -0.15) is 0 Å². The Balaban J connectivity index is 1.69. The van der Waals surface area contributed by atoms with Crippen LogP contribution in [0.5, 0.6) is 0 Å². The number of hydrogen-bond acceptors (Lipinski definition) is 3. The second-order valence-electron chi connectivity index (χ2n) is 11.3. The molecular formula is C27H44O3. The Bertz CT molecular complexity index is 683. The fraction of sp³-hybridized carbons (Fsp3) is 0.778. The van der Waals surface area contributed by atoms with E-state index in [0.29, 0.717) is 29.6 Å². The molecule has 0 amide bonds. The van der Waals surface area contributed by atoms with Gasteiger partial charge in [0.2, 0.25) is 0 Å². The van der Waals surface area contributed by atoms with Crippen molar-refractivity contribution in [3.05, 3.63) is 35.5 Å². The van der Waals surface area contributed by atoms with Gasteiger partial charge < -0.3 is 15.3 Å². The summed E-state index contributed by atoms with van der Waals surface area (Å²) < 4.78 is 0. The maximum absolute atomic E-state index is 10.3. The maximum atomic E-state index is 10.3. The minimum absolute atomic E-state index is 0.215. The summed E-state index contributed by atoms with van der Waals surface area (Å²) in [5, 5.41) is 30.3. The fourth-order valence-electron chi connectivity index (χ4n) is 6.58. The summed E-state index contributed by atoms with van der Waals surface area (Å²) in [6.07, 6.45) is 14.1. The molecule has 0 unspecified atom stereocenters. The Kier molecular flexibility index (Phi) is 7.37. The van der Waals surface area contributed by atoms with Crippen molar-refractivity contribution in [2.45, 2.75) is 110 Å². The molecule has 0 aromatic rings. The van der Waals surface area contributed by atoms with Crippen LogP contribution in [-0.2, 0) is 0 Å². The average molecular weight is 417 g/mol. The van der Waals surface area contributed by atoms with Gasteiger partial charge in [-0.05, 0) is 107 Å². The molecule has 0 spiro atoms. The van der Waals surface area contributed by atoms with Gasteiger partial charge in [0.1, 0.15) is 0 Å². The molecule has 6 atom stereocenters. The van der Waals surface area contributed by atoms with Crippen molar-refractivity contribution in [1.29, 1.82) is 0 Å². The molecular weight excluding hydrogens is 372 g/mol.